The lowest BCUT2D eigenvalue weighted by molar-refractivity contribution is 0.0696. The molecule has 3 N–H and O–H groups in total. The van der Waals surface area contributed by atoms with Gasteiger partial charge in [0, 0.05) is 35.0 Å². The van der Waals surface area contributed by atoms with Crippen LogP contribution in [0.5, 0.6) is 0 Å². The zero-order valence-corrected chi connectivity index (χ0v) is 19.0. The monoisotopic (exact) mass is 473 g/mol. The van der Waals surface area contributed by atoms with Crippen molar-refractivity contribution in [2.24, 2.45) is 10.9 Å². The fraction of sp³-hybridized carbons (Fsp3) is 0.368. The first-order valence-corrected chi connectivity index (χ1v) is 10.1. The summed E-state index contributed by atoms with van der Waals surface area (Å²) in [5.74, 6) is -0.193. The van der Waals surface area contributed by atoms with Crippen molar-refractivity contribution in [1.29, 1.82) is 0 Å². The first-order chi connectivity index (χ1) is 12.7. The minimum atomic E-state index is -0.996. The number of aliphatic imine (C=N–C) groups is 1. The van der Waals surface area contributed by atoms with Gasteiger partial charge in [-0.05, 0) is 53.4 Å². The summed E-state index contributed by atoms with van der Waals surface area (Å²) in [5, 5.41) is 15.8. The summed E-state index contributed by atoms with van der Waals surface area (Å²) < 4.78 is 0.961. The number of carboxylic acid groups (broad SMARTS) is 1. The van der Waals surface area contributed by atoms with Crippen molar-refractivity contribution in [3.8, 4) is 0 Å². The molecule has 5 nitrogen and oxygen atoms in total. The molecule has 148 valence electrons. The van der Waals surface area contributed by atoms with Gasteiger partial charge in [-0.15, -0.1) is 12.6 Å². The first kappa shape index (κ1) is 23.6. The maximum atomic E-state index is 11.4. The van der Waals surface area contributed by atoms with Crippen LogP contribution in [0.3, 0.4) is 0 Å². The molecule has 0 saturated carbocycles. The molecular weight excluding hydrogens is 450 g/mol. The molecule has 0 aliphatic carbocycles. The van der Waals surface area contributed by atoms with E-state index in [9.17, 15) is 9.90 Å². The summed E-state index contributed by atoms with van der Waals surface area (Å²) in [5.41, 5.74) is 2.85. The average Bonchev–Trinajstić information content (AvgIpc) is 2.60. The molecule has 1 atom stereocenters. The summed E-state index contributed by atoms with van der Waals surface area (Å²) >= 11 is 13.2. The van der Waals surface area contributed by atoms with Gasteiger partial charge in [0.2, 0.25) is 0 Å². The topological polar surface area (TPSA) is 73.7 Å². The first-order valence-electron chi connectivity index (χ1n) is 8.48. The number of carbonyl (C=O) groups is 1. The third-order valence-corrected chi connectivity index (χ3v) is 4.85. The van der Waals surface area contributed by atoms with Crippen LogP contribution in [0.4, 0.5) is 5.69 Å². The largest absolute Gasteiger partial charge is 0.478 e. The molecule has 1 aromatic rings. The van der Waals surface area contributed by atoms with Gasteiger partial charge in [0.25, 0.3) is 0 Å². The van der Waals surface area contributed by atoms with Crippen LogP contribution in [0.25, 0.3) is 0 Å². The van der Waals surface area contributed by atoms with Crippen molar-refractivity contribution in [2.75, 3.05) is 18.9 Å². The van der Waals surface area contributed by atoms with Gasteiger partial charge in [-0.3, -0.25) is 4.99 Å². The third kappa shape index (κ3) is 7.60. The number of halogens is 2. The minimum Gasteiger partial charge on any atom is -0.478 e. The van der Waals surface area contributed by atoms with E-state index in [2.05, 4.69) is 39.2 Å². The SMILES string of the molecule is CC/C(C(=NCC(C)/C=C(\S)Cl)Nc1ccc(Br)c(C(=O)O)c1)=C(\C)NC. The van der Waals surface area contributed by atoms with Crippen LogP contribution < -0.4 is 10.6 Å². The molecule has 0 aliphatic rings. The van der Waals surface area contributed by atoms with Gasteiger partial charge in [-0.1, -0.05) is 31.5 Å². The molecule has 0 bridgehead atoms. The van der Waals surface area contributed by atoms with E-state index in [0.717, 1.165) is 17.7 Å². The number of nitrogens with zero attached hydrogens (tertiary/aromatic N) is 1. The van der Waals surface area contributed by atoms with Crippen LogP contribution >= 0.6 is 40.2 Å². The van der Waals surface area contributed by atoms with Gasteiger partial charge in [0.1, 0.15) is 5.84 Å². The average molecular weight is 475 g/mol. The van der Waals surface area contributed by atoms with Crippen molar-refractivity contribution >= 4 is 57.7 Å². The second kappa shape index (κ2) is 11.4. The van der Waals surface area contributed by atoms with E-state index in [1.807, 2.05) is 40.0 Å². The minimum absolute atomic E-state index is 0.110. The van der Waals surface area contributed by atoms with E-state index >= 15 is 0 Å². The fourth-order valence-corrected chi connectivity index (χ4v) is 3.28. The van der Waals surface area contributed by atoms with Gasteiger partial charge < -0.3 is 15.7 Å². The van der Waals surface area contributed by atoms with Gasteiger partial charge in [0.15, 0.2) is 0 Å². The quantitative estimate of drug-likeness (QED) is 0.228. The van der Waals surface area contributed by atoms with Crippen molar-refractivity contribution < 1.29 is 9.90 Å². The lowest BCUT2D eigenvalue weighted by Crippen LogP contribution is -2.21. The zero-order chi connectivity index (χ0) is 20.6. The van der Waals surface area contributed by atoms with E-state index in [0.29, 0.717) is 26.9 Å². The Morgan fingerprint density at radius 2 is 2.15 bits per heavy atom. The molecule has 1 aromatic carbocycles. The number of carboxylic acids is 1. The summed E-state index contributed by atoms with van der Waals surface area (Å²) in [6.07, 6.45) is 2.59. The molecule has 1 unspecified atom stereocenters. The number of allylic oxidation sites excluding steroid dienone is 1. The maximum absolute atomic E-state index is 11.4. The smallest absolute Gasteiger partial charge is 0.336 e. The number of rotatable bonds is 8. The number of aromatic carboxylic acids is 1. The molecule has 27 heavy (non-hydrogen) atoms. The summed E-state index contributed by atoms with van der Waals surface area (Å²) in [4.78, 5) is 16.1. The molecule has 0 fully saturated rings. The highest BCUT2D eigenvalue weighted by Gasteiger charge is 2.13. The van der Waals surface area contributed by atoms with Crippen molar-refractivity contribution in [3.63, 3.8) is 0 Å². The van der Waals surface area contributed by atoms with Crippen molar-refractivity contribution in [2.45, 2.75) is 27.2 Å². The Labute approximate surface area is 179 Å². The lowest BCUT2D eigenvalue weighted by atomic mass is 10.1. The van der Waals surface area contributed by atoms with Gasteiger partial charge in [0.05, 0.1) is 9.93 Å². The number of hydrogen-bond acceptors (Lipinski definition) is 4. The maximum Gasteiger partial charge on any atom is 0.336 e. The Bertz CT molecular complexity index is 774. The molecule has 0 radical (unpaired) electrons. The number of benzene rings is 1. The number of nitrogens with one attached hydrogen (secondary N) is 2. The summed E-state index contributed by atoms with van der Waals surface area (Å²) in [6, 6.07) is 5.09. The molecule has 1 rings (SSSR count). The predicted octanol–water partition coefficient (Wildman–Crippen LogP) is 5.51. The van der Waals surface area contributed by atoms with E-state index < -0.39 is 5.97 Å². The molecule has 0 spiro atoms. The predicted molar refractivity (Wildman–Crippen MR) is 121 cm³/mol. The molecule has 8 heteroatoms. The summed E-state index contributed by atoms with van der Waals surface area (Å²) in [7, 11) is 1.86. The Morgan fingerprint density at radius 1 is 1.48 bits per heavy atom. The highest BCUT2D eigenvalue weighted by molar-refractivity contribution is 9.10. The molecule has 0 saturated heterocycles. The summed E-state index contributed by atoms with van der Waals surface area (Å²) in [6.45, 7) is 6.55. The van der Waals surface area contributed by atoms with E-state index in [4.69, 9.17) is 16.6 Å². The number of anilines is 1. The van der Waals surface area contributed by atoms with Gasteiger partial charge in [-0.25, -0.2) is 4.79 Å². The highest BCUT2D eigenvalue weighted by atomic mass is 79.9. The zero-order valence-electron chi connectivity index (χ0n) is 15.8. The Morgan fingerprint density at radius 3 is 2.67 bits per heavy atom. The van der Waals surface area contributed by atoms with Crippen LogP contribution in [0.1, 0.15) is 37.6 Å². The van der Waals surface area contributed by atoms with Crippen LogP contribution in [0.2, 0.25) is 0 Å². The van der Waals surface area contributed by atoms with E-state index in [-0.39, 0.29) is 11.5 Å². The van der Waals surface area contributed by atoms with Crippen LogP contribution in [0, 0.1) is 5.92 Å². The lowest BCUT2D eigenvalue weighted by Gasteiger charge is -2.17. The second-order valence-corrected chi connectivity index (χ2v) is 7.99. The van der Waals surface area contributed by atoms with E-state index in [1.54, 1.807) is 12.1 Å². The number of hydrogen-bond donors (Lipinski definition) is 4. The highest BCUT2D eigenvalue weighted by Crippen LogP contribution is 2.23. The molecular formula is C19H25BrClN3O2S. The van der Waals surface area contributed by atoms with Gasteiger partial charge in [-0.2, -0.15) is 0 Å². The number of thiol groups is 1. The second-order valence-electron chi connectivity index (χ2n) is 5.99. The number of amidine groups is 1. The Hall–Kier alpha value is -1.44. The van der Waals surface area contributed by atoms with Gasteiger partial charge >= 0.3 is 5.97 Å². The fourth-order valence-electron chi connectivity index (χ4n) is 2.40. The van der Waals surface area contributed by atoms with Crippen LogP contribution in [0.15, 0.2) is 49.4 Å². The molecule has 0 aromatic heterocycles. The van der Waals surface area contributed by atoms with Crippen LogP contribution in [-0.4, -0.2) is 30.5 Å². The Kier molecular flexibility index (Phi) is 9.98. The molecule has 0 heterocycles. The third-order valence-electron chi connectivity index (χ3n) is 3.89. The van der Waals surface area contributed by atoms with Crippen molar-refractivity contribution in [3.05, 3.63) is 49.9 Å². The molecule has 0 aliphatic heterocycles. The normalized spacial score (nSPS) is 14.5. The standard InChI is InChI=1S/C19H25BrClN3O2S/c1-5-14(12(3)22-4)18(23-10-11(2)8-17(21)27)24-13-6-7-16(20)15(9-13)19(25)26/h6-9,11,22,27H,5,10H2,1-4H3,(H,23,24)(H,25,26)/b14-12-,17-8-. The Balaban J connectivity index is 3.28. The van der Waals surface area contributed by atoms with Crippen LogP contribution in [-0.2, 0) is 0 Å². The van der Waals surface area contributed by atoms with E-state index in [1.165, 1.54) is 0 Å². The van der Waals surface area contributed by atoms with Crippen molar-refractivity contribution in [1.82, 2.24) is 5.32 Å². The molecule has 0 amide bonds.